The van der Waals surface area contributed by atoms with E-state index in [2.05, 4.69) is 58.4 Å². The van der Waals surface area contributed by atoms with Crippen molar-refractivity contribution in [3.05, 3.63) is 0 Å². The van der Waals surface area contributed by atoms with E-state index in [0.717, 1.165) is 0 Å². The maximum atomic E-state index is 14.9. The Morgan fingerprint density at radius 2 is 0.647 bits per heavy atom. The Morgan fingerprint density at radius 1 is 0.412 bits per heavy atom. The molecular weight excluding hydrogens is 1440 g/mol. The summed E-state index contributed by atoms with van der Waals surface area (Å²) >= 11 is 1.18. The van der Waals surface area contributed by atoms with Gasteiger partial charge in [0.1, 0.15) is 36.0 Å². The molecule has 8 saturated carbocycles. The van der Waals surface area contributed by atoms with Gasteiger partial charge >= 0.3 is 187 Å². The van der Waals surface area contributed by atoms with Crippen molar-refractivity contribution in [3.8, 4) is 0 Å². The number of carbonyl (C=O) groups is 2. The van der Waals surface area contributed by atoms with Crippen LogP contribution in [0, 0.1) is 0 Å². The standard InChI is InChI=1S/C16H9F17O7S.C12H5F15O2.C4H5BrF2O5S.2Na.2H/c17-6(18,41-40-39-35)4-37-5(34)3-36-1-2-38-10-14(28,29)7(19)11(22,23)8(20,15(10,30)31)13(26,27)9(21,12(7,24)25)16(10,32)33;13-3-7(16,17)4(14)9(20,21)5(15,8(3,18)19)12(26,27)6(10(3,22)23,11(4,24)25)29-2-1-28;5-1-3(8)10-2-4(6,7)13-12-11-9;;;;/h35H,1-4H2;28H,1-2H2;9H,1-2H2;;;;/q;;;2*+1;2*-1/p-2. The van der Waals surface area contributed by atoms with Crippen LogP contribution in [0.5, 0.6) is 0 Å². The molecule has 1 N–H and O–H groups in total. The molecular formula is C32H19BrF34Na2O14S2-2. The van der Waals surface area contributed by atoms with Gasteiger partial charge in [-0.2, -0.15) is 132 Å². The molecule has 53 heteroatoms. The summed E-state index contributed by atoms with van der Waals surface area (Å²) in [5.74, 6) is -96.1. The summed E-state index contributed by atoms with van der Waals surface area (Å²) in [4.78, 5) is 21.7. The summed E-state index contributed by atoms with van der Waals surface area (Å²) in [5.41, 5.74) is -60.5. The fourth-order valence-corrected chi connectivity index (χ4v) is 9.98. The molecule has 85 heavy (non-hydrogen) atoms. The zero-order chi connectivity index (χ0) is 65.6. The minimum absolute atomic E-state index is 0. The number of hydrogen-bond acceptors (Lipinski definition) is 16. The minimum atomic E-state index is -7.97. The summed E-state index contributed by atoms with van der Waals surface area (Å²) in [6.45, 7) is -13.2. The van der Waals surface area contributed by atoms with Crippen molar-refractivity contribution >= 4 is 52.0 Å². The zero-order valence-corrected chi connectivity index (χ0v) is 46.7. The van der Waals surface area contributed by atoms with Gasteiger partial charge in [0.05, 0.1) is 26.4 Å². The minimum Gasteiger partial charge on any atom is -1.00 e. The first-order valence-corrected chi connectivity index (χ1v) is 22.4. The fraction of sp³-hybridized carbons (Fsp3) is 0.938. The molecule has 0 saturated heterocycles. The number of aliphatic hydroxyl groups excluding tert-OH is 1. The number of rotatable bonds is 20. The van der Waals surface area contributed by atoms with E-state index in [1.54, 1.807) is 0 Å². The molecule has 8 aliphatic rings. The van der Waals surface area contributed by atoms with Gasteiger partial charge in [0.25, 0.3) is 11.2 Å². The van der Waals surface area contributed by atoms with E-state index in [0.29, 0.717) is 0 Å². The van der Waals surface area contributed by atoms with Gasteiger partial charge in [-0.25, -0.2) is 31.1 Å². The van der Waals surface area contributed by atoms with Crippen molar-refractivity contribution in [2.45, 2.75) is 127 Å². The summed E-state index contributed by atoms with van der Waals surface area (Å²) in [6.07, 6.45) is 0. The Balaban J connectivity index is 0.00000140. The molecule has 0 aromatic heterocycles. The van der Waals surface area contributed by atoms with E-state index >= 15 is 0 Å². The summed E-state index contributed by atoms with van der Waals surface area (Å²) in [5, 5.41) is 24.4. The van der Waals surface area contributed by atoms with Crippen LogP contribution in [0.1, 0.15) is 2.85 Å². The average Bonchev–Trinajstić information content (AvgIpc) is 0.600. The SMILES string of the molecule is O=C(CBr)OCC(F)(F)SOO[O-].O=C(COCCOC12C(F)(F)C3(F)C(F)(F)C(F)(C(F)(F)C(F)(C3(F)F)C1(F)F)C2(F)F)OCC(F)(F)SOO[O-].OCCOC12C(F)(F)C3(F)C(F)(F)C(F)(C(F)(F)C(F)(C3(F)F)C1(F)F)C2(F)F.[H-].[H-].[Na+].[Na+]. The number of hydrogen-bond donors (Lipinski definition) is 1. The normalized spacial score (nSPS) is 37.2. The number of ether oxygens (including phenoxy) is 5. The maximum Gasteiger partial charge on any atom is 1.00 e. The molecule has 0 aromatic rings. The molecule has 8 aliphatic carbocycles. The van der Waals surface area contributed by atoms with E-state index < -0.39 is 209 Å². The Hall–Kier alpha value is -0.660. The molecule has 0 amide bonds. The molecule has 492 valence electrons. The summed E-state index contributed by atoms with van der Waals surface area (Å²) in [6, 6.07) is 0. The van der Waals surface area contributed by atoms with Crippen molar-refractivity contribution in [1.82, 2.24) is 0 Å². The van der Waals surface area contributed by atoms with Crippen molar-refractivity contribution in [2.75, 3.05) is 51.6 Å². The quantitative estimate of drug-likeness (QED) is 0.0273. The van der Waals surface area contributed by atoms with E-state index in [1.807, 2.05) is 0 Å². The van der Waals surface area contributed by atoms with Gasteiger partial charge < -0.3 is 42.2 Å². The van der Waals surface area contributed by atoms with Crippen LogP contribution in [0.25, 0.3) is 0 Å². The Bertz CT molecular complexity index is 2260. The van der Waals surface area contributed by atoms with Crippen molar-refractivity contribution in [2.24, 2.45) is 0 Å². The molecule has 0 aromatic carbocycles. The van der Waals surface area contributed by atoms with Crippen LogP contribution < -0.4 is 69.6 Å². The summed E-state index contributed by atoms with van der Waals surface area (Å²) in [7, 11) is 0. The van der Waals surface area contributed by atoms with Gasteiger partial charge in [0.2, 0.25) is 0 Å². The predicted octanol–water partition coefficient (Wildman–Crippen LogP) is 2.08. The molecule has 0 spiro atoms. The number of halogens is 35. The van der Waals surface area contributed by atoms with Crippen molar-refractivity contribution in [3.63, 3.8) is 0 Å². The molecule has 8 fully saturated rings. The molecule has 0 atom stereocenters. The Labute approximate surface area is 506 Å². The van der Waals surface area contributed by atoms with Gasteiger partial charge in [-0.1, -0.05) is 15.9 Å². The van der Waals surface area contributed by atoms with Crippen LogP contribution in [0.4, 0.5) is 149 Å². The number of esters is 2. The molecule has 0 heterocycles. The first kappa shape index (κ1) is 80.4. The van der Waals surface area contributed by atoms with Crippen LogP contribution in [0.2, 0.25) is 0 Å². The second-order valence-electron chi connectivity index (χ2n) is 16.8. The van der Waals surface area contributed by atoms with Gasteiger partial charge in [0.15, 0.2) is 13.2 Å². The average molecular weight is 1460 g/mol. The molecule has 0 unspecified atom stereocenters. The molecule has 0 radical (unpaired) electrons. The van der Waals surface area contributed by atoms with Crippen molar-refractivity contribution < 1.29 is 279 Å². The number of carbonyl (C=O) groups excluding carboxylic acids is 2. The Kier molecular flexibility index (Phi) is 21.9. The number of aliphatic hydroxyl groups is 1. The first-order chi connectivity index (χ1) is 36.7. The van der Waals surface area contributed by atoms with Gasteiger partial charge in [-0.05, 0) is 0 Å². The van der Waals surface area contributed by atoms with Gasteiger partial charge in [-0.15, -0.1) is 0 Å². The first-order valence-electron chi connectivity index (χ1n) is 19.8. The smallest absolute Gasteiger partial charge is 1.00 e. The fourth-order valence-electron chi connectivity index (χ4n) is 9.35. The predicted molar refractivity (Wildman–Crippen MR) is 185 cm³/mol. The van der Waals surface area contributed by atoms with Gasteiger partial charge in [0, 0.05) is 0 Å². The third-order valence-corrected chi connectivity index (χ3v) is 14.3. The van der Waals surface area contributed by atoms with E-state index in [4.69, 9.17) is 5.11 Å². The Morgan fingerprint density at radius 3 is 0.871 bits per heavy atom. The molecule has 8 bridgehead atoms. The van der Waals surface area contributed by atoms with Crippen LogP contribution in [-0.2, 0) is 52.0 Å². The largest absolute Gasteiger partial charge is 1.00 e. The third kappa shape index (κ3) is 8.59. The zero-order valence-electron chi connectivity index (χ0n) is 41.5. The van der Waals surface area contributed by atoms with Crippen LogP contribution >= 0.6 is 40.0 Å². The third-order valence-electron chi connectivity index (χ3n) is 12.9. The van der Waals surface area contributed by atoms with Crippen LogP contribution in [0.15, 0.2) is 0 Å². The van der Waals surface area contributed by atoms with E-state index in [9.17, 15) is 169 Å². The van der Waals surface area contributed by atoms with Crippen LogP contribution in [-0.4, -0.2) is 195 Å². The monoisotopic (exact) mass is 1460 g/mol. The maximum absolute atomic E-state index is 14.9. The van der Waals surface area contributed by atoms with Crippen LogP contribution in [0.3, 0.4) is 0 Å². The molecule has 8 rings (SSSR count). The number of alkyl halides is 35. The second kappa shape index (κ2) is 23.1. The van der Waals surface area contributed by atoms with E-state index in [1.165, 1.54) is 0 Å². The van der Waals surface area contributed by atoms with Gasteiger partial charge in [-0.3, -0.25) is 14.9 Å². The van der Waals surface area contributed by atoms with Crippen molar-refractivity contribution in [1.29, 1.82) is 0 Å². The second-order valence-corrected chi connectivity index (χ2v) is 19.2. The summed E-state index contributed by atoms with van der Waals surface area (Å²) < 4.78 is 509. The topological polar surface area (TPSA) is 184 Å². The molecule has 0 aliphatic heterocycles. The van der Waals surface area contributed by atoms with E-state index in [-0.39, 0.29) is 67.3 Å². The molecule has 14 nitrogen and oxygen atoms in total.